The summed E-state index contributed by atoms with van der Waals surface area (Å²) in [7, 11) is 0. The summed E-state index contributed by atoms with van der Waals surface area (Å²) in [6, 6.07) is 8.32. The van der Waals surface area contributed by atoms with Gasteiger partial charge in [-0.15, -0.1) is 0 Å². The second-order valence-corrected chi connectivity index (χ2v) is 8.89. The molecule has 0 aliphatic heterocycles. The van der Waals surface area contributed by atoms with Crippen LogP contribution in [0.1, 0.15) is 83.8 Å². The molecule has 0 atom stereocenters. The van der Waals surface area contributed by atoms with E-state index in [0.29, 0.717) is 11.6 Å². The Labute approximate surface area is 163 Å². The van der Waals surface area contributed by atoms with Gasteiger partial charge in [0.25, 0.3) is 5.91 Å². The number of hydrogen-bond donors (Lipinski definition) is 2. The summed E-state index contributed by atoms with van der Waals surface area (Å²) in [5, 5.41) is 5.95. The molecule has 0 heterocycles. The molecule has 2 rings (SSSR count). The van der Waals surface area contributed by atoms with Crippen LogP contribution in [-0.2, 0) is 9.59 Å². The molecule has 1 fully saturated rings. The van der Waals surface area contributed by atoms with Gasteiger partial charge in [0.1, 0.15) is 5.70 Å². The molecule has 4 heteroatoms. The predicted molar refractivity (Wildman–Crippen MR) is 111 cm³/mol. The third-order valence-corrected chi connectivity index (χ3v) is 5.03. The summed E-state index contributed by atoms with van der Waals surface area (Å²) in [5.41, 5.74) is 1.91. The van der Waals surface area contributed by atoms with Crippen molar-refractivity contribution in [1.29, 1.82) is 0 Å². The molecular formula is C23H34N2O2. The Hall–Kier alpha value is -2.10. The number of nitrogens with one attached hydrogen (secondary N) is 2. The zero-order valence-corrected chi connectivity index (χ0v) is 17.4. The lowest BCUT2D eigenvalue weighted by Gasteiger charge is -2.24. The molecule has 0 aromatic heterocycles. The third kappa shape index (κ3) is 6.53. The fourth-order valence-corrected chi connectivity index (χ4v) is 3.12. The van der Waals surface area contributed by atoms with Crippen molar-refractivity contribution >= 4 is 17.9 Å². The quantitative estimate of drug-likeness (QED) is 0.734. The van der Waals surface area contributed by atoms with Gasteiger partial charge in [0, 0.05) is 11.5 Å². The second kappa shape index (κ2) is 9.20. The minimum absolute atomic E-state index is 0.161. The lowest BCUT2D eigenvalue weighted by molar-refractivity contribution is -0.129. The molecular weight excluding hydrogens is 336 g/mol. The number of carbonyl (C=O) groups excluding carboxylic acids is 2. The summed E-state index contributed by atoms with van der Waals surface area (Å²) in [6.45, 7) is 9.83. The van der Waals surface area contributed by atoms with Crippen molar-refractivity contribution in [1.82, 2.24) is 10.6 Å². The van der Waals surface area contributed by atoms with E-state index >= 15 is 0 Å². The first-order valence-electron chi connectivity index (χ1n) is 10.1. The highest BCUT2D eigenvalue weighted by atomic mass is 16.2. The van der Waals surface area contributed by atoms with Crippen LogP contribution >= 0.6 is 0 Å². The second-order valence-electron chi connectivity index (χ2n) is 8.89. The third-order valence-electron chi connectivity index (χ3n) is 5.03. The smallest absolute Gasteiger partial charge is 0.268 e. The van der Waals surface area contributed by atoms with E-state index in [1.807, 2.05) is 32.9 Å². The Kier molecular flexibility index (Phi) is 7.23. The van der Waals surface area contributed by atoms with Crippen molar-refractivity contribution < 1.29 is 9.59 Å². The monoisotopic (exact) mass is 370 g/mol. The van der Waals surface area contributed by atoms with Crippen LogP contribution in [0.4, 0.5) is 0 Å². The van der Waals surface area contributed by atoms with E-state index in [1.54, 1.807) is 6.08 Å². The highest BCUT2D eigenvalue weighted by molar-refractivity contribution is 6.02. The molecule has 1 aliphatic rings. The van der Waals surface area contributed by atoms with E-state index in [9.17, 15) is 9.59 Å². The van der Waals surface area contributed by atoms with Crippen LogP contribution in [0.5, 0.6) is 0 Å². The Bertz CT molecular complexity index is 675. The number of carbonyl (C=O) groups is 2. The van der Waals surface area contributed by atoms with Gasteiger partial charge in [-0.05, 0) is 36.0 Å². The number of hydrogen-bond acceptors (Lipinski definition) is 2. The van der Waals surface area contributed by atoms with Crippen molar-refractivity contribution in [2.24, 2.45) is 5.41 Å². The average Bonchev–Trinajstić information content (AvgIpc) is 2.61. The van der Waals surface area contributed by atoms with Gasteiger partial charge in [-0.2, -0.15) is 0 Å². The normalized spacial score (nSPS) is 16.3. The SMILES string of the molecule is CC(C)c1ccc(/C=C(/NC(=O)C(C)(C)C)C(=O)NC2CCCCC2)cc1. The van der Waals surface area contributed by atoms with E-state index in [-0.39, 0.29) is 17.9 Å². The summed E-state index contributed by atoms with van der Waals surface area (Å²) < 4.78 is 0. The molecule has 0 bridgehead atoms. The molecule has 4 nitrogen and oxygen atoms in total. The molecule has 27 heavy (non-hydrogen) atoms. The van der Waals surface area contributed by atoms with Gasteiger partial charge in [0.2, 0.25) is 5.91 Å². The van der Waals surface area contributed by atoms with Crippen LogP contribution in [0, 0.1) is 5.41 Å². The Morgan fingerprint density at radius 3 is 2.15 bits per heavy atom. The highest BCUT2D eigenvalue weighted by Gasteiger charge is 2.25. The molecule has 0 spiro atoms. The highest BCUT2D eigenvalue weighted by Crippen LogP contribution is 2.20. The molecule has 148 valence electrons. The summed E-state index contributed by atoms with van der Waals surface area (Å²) in [6.07, 6.45) is 7.32. The van der Waals surface area contributed by atoms with Crippen molar-refractivity contribution in [2.45, 2.75) is 78.7 Å². The molecule has 1 aromatic carbocycles. The predicted octanol–water partition coefficient (Wildman–Crippen LogP) is 4.76. The van der Waals surface area contributed by atoms with E-state index in [2.05, 4.69) is 36.6 Å². The fraction of sp³-hybridized carbons (Fsp3) is 0.565. The van der Waals surface area contributed by atoms with Gasteiger partial charge >= 0.3 is 0 Å². The topological polar surface area (TPSA) is 58.2 Å². The van der Waals surface area contributed by atoms with Gasteiger partial charge in [0.15, 0.2) is 0 Å². The largest absolute Gasteiger partial charge is 0.348 e. The van der Waals surface area contributed by atoms with E-state index < -0.39 is 5.41 Å². The maximum atomic E-state index is 12.9. The van der Waals surface area contributed by atoms with Crippen molar-refractivity contribution in [3.05, 3.63) is 41.1 Å². The van der Waals surface area contributed by atoms with Crippen molar-refractivity contribution in [2.75, 3.05) is 0 Å². The van der Waals surface area contributed by atoms with E-state index in [1.165, 1.54) is 12.0 Å². The summed E-state index contributed by atoms with van der Waals surface area (Å²) in [4.78, 5) is 25.3. The van der Waals surface area contributed by atoms with Crippen molar-refractivity contribution in [3.8, 4) is 0 Å². The average molecular weight is 371 g/mol. The van der Waals surface area contributed by atoms with Crippen molar-refractivity contribution in [3.63, 3.8) is 0 Å². The summed E-state index contributed by atoms with van der Waals surface area (Å²) >= 11 is 0. The van der Waals surface area contributed by atoms with Crippen LogP contribution in [0.3, 0.4) is 0 Å². The minimum atomic E-state index is -0.564. The molecule has 0 saturated heterocycles. The van der Waals surface area contributed by atoms with Gasteiger partial charge in [-0.25, -0.2) is 0 Å². The molecule has 1 aliphatic carbocycles. The molecule has 0 unspecified atom stereocenters. The zero-order valence-electron chi connectivity index (χ0n) is 17.4. The maximum absolute atomic E-state index is 12.9. The number of rotatable bonds is 5. The first-order chi connectivity index (χ1) is 12.7. The van der Waals surface area contributed by atoms with Gasteiger partial charge in [-0.1, -0.05) is 78.1 Å². The lowest BCUT2D eigenvalue weighted by atomic mass is 9.94. The minimum Gasteiger partial charge on any atom is -0.348 e. The number of benzene rings is 1. The first kappa shape index (κ1) is 21.2. The van der Waals surface area contributed by atoms with E-state index in [0.717, 1.165) is 31.2 Å². The van der Waals surface area contributed by atoms with Crippen LogP contribution < -0.4 is 10.6 Å². The Morgan fingerprint density at radius 1 is 1.04 bits per heavy atom. The molecule has 2 N–H and O–H groups in total. The van der Waals surface area contributed by atoms with Crippen LogP contribution in [0.15, 0.2) is 30.0 Å². The summed E-state index contributed by atoms with van der Waals surface area (Å²) in [5.74, 6) is 0.0940. The standard InChI is InChI=1S/C23H34N2O2/c1-16(2)18-13-11-17(12-14-18)15-20(25-22(27)23(3,4)5)21(26)24-19-9-7-6-8-10-19/h11-16,19H,6-10H2,1-5H3,(H,24,26)(H,25,27)/b20-15+. The maximum Gasteiger partial charge on any atom is 0.268 e. The van der Waals surface area contributed by atoms with Gasteiger partial charge in [0.05, 0.1) is 0 Å². The molecule has 1 saturated carbocycles. The van der Waals surface area contributed by atoms with E-state index in [4.69, 9.17) is 0 Å². The number of amides is 2. The van der Waals surface area contributed by atoms with Crippen LogP contribution in [-0.4, -0.2) is 17.9 Å². The Balaban J connectivity index is 2.21. The first-order valence-corrected chi connectivity index (χ1v) is 10.1. The fourth-order valence-electron chi connectivity index (χ4n) is 3.12. The van der Waals surface area contributed by atoms with Gasteiger partial charge < -0.3 is 10.6 Å². The molecule has 2 amide bonds. The zero-order chi connectivity index (χ0) is 20.0. The van der Waals surface area contributed by atoms with Crippen LogP contribution in [0.2, 0.25) is 0 Å². The lowest BCUT2D eigenvalue weighted by Crippen LogP contribution is -2.43. The van der Waals surface area contributed by atoms with Crippen LogP contribution in [0.25, 0.3) is 6.08 Å². The molecule has 0 radical (unpaired) electrons. The molecule has 1 aromatic rings. The Morgan fingerprint density at radius 2 is 1.63 bits per heavy atom. The van der Waals surface area contributed by atoms with Gasteiger partial charge in [-0.3, -0.25) is 9.59 Å².